The molecule has 0 amide bonds. The van der Waals surface area contributed by atoms with Gasteiger partial charge < -0.3 is 15.5 Å². The second-order valence-electron chi connectivity index (χ2n) is 5.95. The van der Waals surface area contributed by atoms with Crippen molar-refractivity contribution in [3.63, 3.8) is 0 Å². The summed E-state index contributed by atoms with van der Waals surface area (Å²) in [5.74, 6) is 0.799. The highest BCUT2D eigenvalue weighted by atomic mass is 16.3. The summed E-state index contributed by atoms with van der Waals surface area (Å²) in [5, 5.41) is 23.4. The standard InChI is InChI=1S/C15H24N2O2/c1-11-4-3-7-15(19,8-11)10-16-9-13-14(18)6-5-12(2)17-13/h5-6,11,16,18-19H,3-4,7-10H2,1-2H3. The highest BCUT2D eigenvalue weighted by Gasteiger charge is 2.32. The van der Waals surface area contributed by atoms with E-state index in [0.717, 1.165) is 25.0 Å². The second kappa shape index (κ2) is 5.88. The van der Waals surface area contributed by atoms with Gasteiger partial charge in [-0.3, -0.25) is 4.98 Å². The maximum absolute atomic E-state index is 10.5. The van der Waals surface area contributed by atoms with Crippen LogP contribution in [0.15, 0.2) is 12.1 Å². The zero-order chi connectivity index (χ0) is 13.9. The molecule has 1 aliphatic rings. The molecule has 0 aliphatic heterocycles. The highest BCUT2D eigenvalue weighted by molar-refractivity contribution is 5.27. The summed E-state index contributed by atoms with van der Waals surface area (Å²) in [7, 11) is 0. The molecule has 1 aromatic rings. The van der Waals surface area contributed by atoms with Crippen LogP contribution >= 0.6 is 0 Å². The quantitative estimate of drug-likeness (QED) is 0.779. The van der Waals surface area contributed by atoms with Crippen LogP contribution in [0.25, 0.3) is 0 Å². The number of rotatable bonds is 4. The van der Waals surface area contributed by atoms with Crippen molar-refractivity contribution in [3.05, 3.63) is 23.5 Å². The molecule has 106 valence electrons. The van der Waals surface area contributed by atoms with Gasteiger partial charge in [0.1, 0.15) is 5.75 Å². The Labute approximate surface area is 114 Å². The molecule has 0 spiro atoms. The zero-order valence-corrected chi connectivity index (χ0v) is 11.8. The van der Waals surface area contributed by atoms with E-state index < -0.39 is 5.60 Å². The fourth-order valence-electron chi connectivity index (χ4n) is 2.94. The van der Waals surface area contributed by atoms with Crippen LogP contribution in [0.3, 0.4) is 0 Å². The van der Waals surface area contributed by atoms with Gasteiger partial charge in [-0.25, -0.2) is 0 Å². The number of aromatic hydroxyl groups is 1. The molecule has 2 rings (SSSR count). The molecular formula is C15H24N2O2. The zero-order valence-electron chi connectivity index (χ0n) is 11.8. The number of aromatic nitrogens is 1. The number of nitrogens with one attached hydrogen (secondary N) is 1. The average Bonchev–Trinajstić information content (AvgIpc) is 2.33. The molecule has 4 heteroatoms. The third-order valence-electron chi connectivity index (χ3n) is 3.90. The molecule has 3 N–H and O–H groups in total. The van der Waals surface area contributed by atoms with Crippen LogP contribution < -0.4 is 5.32 Å². The molecule has 2 unspecified atom stereocenters. The van der Waals surface area contributed by atoms with Crippen molar-refractivity contribution in [2.24, 2.45) is 5.92 Å². The summed E-state index contributed by atoms with van der Waals surface area (Å²) in [6.45, 7) is 5.15. The van der Waals surface area contributed by atoms with Gasteiger partial charge in [-0.2, -0.15) is 0 Å². The monoisotopic (exact) mass is 264 g/mol. The van der Waals surface area contributed by atoms with Crippen LogP contribution in [0.4, 0.5) is 0 Å². The lowest BCUT2D eigenvalue weighted by atomic mass is 9.79. The Bertz CT molecular complexity index is 436. The summed E-state index contributed by atoms with van der Waals surface area (Å²) in [5.41, 5.74) is 0.934. The Morgan fingerprint density at radius 2 is 2.26 bits per heavy atom. The van der Waals surface area contributed by atoms with E-state index in [-0.39, 0.29) is 5.75 Å². The number of aliphatic hydroxyl groups is 1. The topological polar surface area (TPSA) is 65.4 Å². The van der Waals surface area contributed by atoms with Crippen LogP contribution in [0, 0.1) is 12.8 Å². The van der Waals surface area contributed by atoms with Gasteiger partial charge in [-0.15, -0.1) is 0 Å². The van der Waals surface area contributed by atoms with E-state index in [9.17, 15) is 10.2 Å². The summed E-state index contributed by atoms with van der Waals surface area (Å²) in [6.07, 6.45) is 4.01. The molecule has 1 saturated carbocycles. The Hall–Kier alpha value is -1.13. The molecule has 1 heterocycles. The van der Waals surface area contributed by atoms with Gasteiger partial charge in [0.15, 0.2) is 0 Å². The summed E-state index contributed by atoms with van der Waals surface area (Å²) in [6, 6.07) is 3.45. The van der Waals surface area contributed by atoms with Crippen LogP contribution in [0.2, 0.25) is 0 Å². The minimum absolute atomic E-state index is 0.210. The maximum Gasteiger partial charge on any atom is 0.138 e. The van der Waals surface area contributed by atoms with Gasteiger partial charge in [0.25, 0.3) is 0 Å². The van der Waals surface area contributed by atoms with E-state index in [1.54, 1.807) is 12.1 Å². The Balaban J connectivity index is 1.87. The van der Waals surface area contributed by atoms with Crippen LogP contribution in [-0.2, 0) is 6.54 Å². The van der Waals surface area contributed by atoms with E-state index in [4.69, 9.17) is 0 Å². The Morgan fingerprint density at radius 1 is 1.47 bits per heavy atom. The summed E-state index contributed by atoms with van der Waals surface area (Å²) >= 11 is 0. The van der Waals surface area contributed by atoms with Gasteiger partial charge in [0, 0.05) is 18.8 Å². The van der Waals surface area contributed by atoms with Crippen molar-refractivity contribution in [3.8, 4) is 5.75 Å². The first-order valence-corrected chi connectivity index (χ1v) is 7.07. The van der Waals surface area contributed by atoms with Crippen molar-refractivity contribution >= 4 is 0 Å². The first kappa shape index (κ1) is 14.3. The SMILES string of the molecule is Cc1ccc(O)c(CNCC2(O)CCCC(C)C2)n1. The smallest absolute Gasteiger partial charge is 0.138 e. The average molecular weight is 264 g/mol. The molecule has 1 fully saturated rings. The first-order valence-electron chi connectivity index (χ1n) is 7.07. The van der Waals surface area contributed by atoms with Gasteiger partial charge in [0.05, 0.1) is 11.3 Å². The number of hydrogen-bond donors (Lipinski definition) is 3. The molecule has 0 radical (unpaired) electrons. The summed E-state index contributed by atoms with van der Waals surface area (Å²) < 4.78 is 0. The number of nitrogens with zero attached hydrogens (tertiary/aromatic N) is 1. The minimum Gasteiger partial charge on any atom is -0.506 e. The third kappa shape index (κ3) is 3.91. The third-order valence-corrected chi connectivity index (χ3v) is 3.90. The maximum atomic E-state index is 10.5. The predicted molar refractivity (Wildman–Crippen MR) is 74.9 cm³/mol. The fourth-order valence-corrected chi connectivity index (χ4v) is 2.94. The molecule has 1 aliphatic carbocycles. The van der Waals surface area contributed by atoms with E-state index >= 15 is 0 Å². The minimum atomic E-state index is -0.600. The lowest BCUT2D eigenvalue weighted by Crippen LogP contribution is -2.43. The van der Waals surface area contributed by atoms with Gasteiger partial charge in [-0.05, 0) is 37.8 Å². The van der Waals surface area contributed by atoms with Crippen LogP contribution in [0.5, 0.6) is 5.75 Å². The van der Waals surface area contributed by atoms with E-state index in [2.05, 4.69) is 17.2 Å². The number of hydrogen-bond acceptors (Lipinski definition) is 4. The van der Waals surface area contributed by atoms with Crippen molar-refractivity contribution in [1.82, 2.24) is 10.3 Å². The number of pyridine rings is 1. The van der Waals surface area contributed by atoms with Crippen molar-refractivity contribution in [2.75, 3.05) is 6.54 Å². The molecular weight excluding hydrogens is 240 g/mol. The largest absolute Gasteiger partial charge is 0.506 e. The molecule has 2 atom stereocenters. The second-order valence-corrected chi connectivity index (χ2v) is 5.95. The normalized spacial score (nSPS) is 27.4. The Morgan fingerprint density at radius 3 is 3.00 bits per heavy atom. The van der Waals surface area contributed by atoms with Crippen LogP contribution in [0.1, 0.15) is 44.0 Å². The molecule has 4 nitrogen and oxygen atoms in total. The van der Waals surface area contributed by atoms with Gasteiger partial charge in [0.2, 0.25) is 0 Å². The van der Waals surface area contributed by atoms with E-state index in [0.29, 0.717) is 24.7 Å². The van der Waals surface area contributed by atoms with Crippen LogP contribution in [-0.4, -0.2) is 27.3 Å². The van der Waals surface area contributed by atoms with Crippen molar-refractivity contribution in [1.29, 1.82) is 0 Å². The van der Waals surface area contributed by atoms with Gasteiger partial charge in [-0.1, -0.05) is 19.8 Å². The lowest BCUT2D eigenvalue weighted by Gasteiger charge is -2.35. The Kier molecular flexibility index (Phi) is 4.42. The predicted octanol–water partition coefficient (Wildman–Crippen LogP) is 2.13. The molecule has 0 saturated heterocycles. The summed E-state index contributed by atoms with van der Waals surface area (Å²) in [4.78, 5) is 4.30. The lowest BCUT2D eigenvalue weighted by molar-refractivity contribution is -0.0120. The number of aryl methyl sites for hydroxylation is 1. The highest BCUT2D eigenvalue weighted by Crippen LogP contribution is 2.31. The molecule has 19 heavy (non-hydrogen) atoms. The molecule has 1 aromatic heterocycles. The molecule has 0 bridgehead atoms. The van der Waals surface area contributed by atoms with Gasteiger partial charge >= 0.3 is 0 Å². The molecule has 0 aromatic carbocycles. The van der Waals surface area contributed by atoms with Crippen molar-refractivity contribution < 1.29 is 10.2 Å². The fraction of sp³-hybridized carbons (Fsp3) is 0.667. The van der Waals surface area contributed by atoms with Crippen molar-refractivity contribution in [2.45, 2.75) is 51.7 Å². The first-order chi connectivity index (χ1) is 8.98. The van der Waals surface area contributed by atoms with E-state index in [1.807, 2.05) is 6.92 Å². The van der Waals surface area contributed by atoms with E-state index in [1.165, 1.54) is 6.42 Å².